The maximum absolute atomic E-state index is 9.26. The normalized spacial score (nSPS) is 5.56. The molecule has 0 atom stereocenters. The van der Waals surface area contributed by atoms with E-state index in [1.807, 2.05) is 0 Å². The molecular formula is C4H6CaO2S2. The van der Waals surface area contributed by atoms with E-state index in [9.17, 15) is 9.59 Å². The van der Waals surface area contributed by atoms with Gasteiger partial charge in [0.05, 0.1) is 0 Å². The Labute approximate surface area is 95.6 Å². The van der Waals surface area contributed by atoms with Gasteiger partial charge in [-0.1, -0.05) is 0 Å². The molecule has 0 fully saturated rings. The molecule has 0 aliphatic heterocycles. The second kappa shape index (κ2) is 11.8. The minimum Gasteiger partial charge on any atom is -0.742 e. The molecule has 0 heterocycles. The van der Waals surface area contributed by atoms with Crippen LogP contribution in [0.15, 0.2) is 0 Å². The Morgan fingerprint density at radius 2 is 1.00 bits per heavy atom. The van der Waals surface area contributed by atoms with Crippen molar-refractivity contribution in [2.75, 3.05) is 0 Å². The van der Waals surface area contributed by atoms with Gasteiger partial charge in [-0.3, -0.25) is 0 Å². The van der Waals surface area contributed by atoms with Crippen LogP contribution in [-0.4, -0.2) is 48.0 Å². The van der Waals surface area contributed by atoms with Crippen LogP contribution in [-0.2, 0) is 34.8 Å². The number of rotatable bonds is 0. The summed E-state index contributed by atoms with van der Waals surface area (Å²) in [5, 5.41) is -0.500. The van der Waals surface area contributed by atoms with E-state index in [0.717, 1.165) is 0 Å². The van der Waals surface area contributed by atoms with Crippen molar-refractivity contribution in [3.8, 4) is 0 Å². The molecule has 0 aromatic heterocycles. The first-order valence-corrected chi connectivity index (χ1v) is 2.63. The molecule has 0 rings (SSSR count). The smallest absolute Gasteiger partial charge is 0.742 e. The van der Waals surface area contributed by atoms with E-state index >= 15 is 0 Å². The van der Waals surface area contributed by atoms with E-state index in [4.69, 9.17) is 0 Å². The Bertz CT molecular complexity index is 74.6. The molecule has 0 bridgehead atoms. The zero-order valence-electron chi connectivity index (χ0n) is 5.34. The van der Waals surface area contributed by atoms with Gasteiger partial charge in [-0.2, -0.15) is 0 Å². The molecule has 0 N–H and O–H groups in total. The van der Waals surface area contributed by atoms with E-state index in [0.29, 0.717) is 0 Å². The van der Waals surface area contributed by atoms with Crippen molar-refractivity contribution in [2.24, 2.45) is 0 Å². The molecule has 0 unspecified atom stereocenters. The largest absolute Gasteiger partial charge is 2.00 e. The van der Waals surface area contributed by atoms with Crippen LogP contribution in [0.2, 0.25) is 0 Å². The van der Waals surface area contributed by atoms with Gasteiger partial charge in [0.25, 0.3) is 0 Å². The van der Waals surface area contributed by atoms with Crippen molar-refractivity contribution in [3.63, 3.8) is 0 Å². The fourth-order valence-electron chi connectivity index (χ4n) is 0. The summed E-state index contributed by atoms with van der Waals surface area (Å²) in [4.78, 5) is 18.5. The number of carbonyl (C=O) groups excluding carboxylic acids is 2. The molecule has 48 valence electrons. The molecule has 5 heteroatoms. The fraction of sp³-hybridized carbons (Fsp3) is 0.500. The maximum Gasteiger partial charge on any atom is 2.00 e. The Balaban J connectivity index is -0.0000000720. The zero-order valence-corrected chi connectivity index (χ0v) is 9.18. The van der Waals surface area contributed by atoms with Crippen LogP contribution in [0, 0.1) is 0 Å². The van der Waals surface area contributed by atoms with Crippen molar-refractivity contribution >= 4 is 73.2 Å². The average molecular weight is 190 g/mol. The third-order valence-corrected chi connectivity index (χ3v) is 0. The summed E-state index contributed by atoms with van der Waals surface area (Å²) in [6.07, 6.45) is 0. The predicted molar refractivity (Wildman–Crippen MR) is 41.8 cm³/mol. The summed E-state index contributed by atoms with van der Waals surface area (Å²) in [5.41, 5.74) is 0. The van der Waals surface area contributed by atoms with Crippen LogP contribution in [0.4, 0.5) is 0 Å². The van der Waals surface area contributed by atoms with Crippen LogP contribution in [0.1, 0.15) is 13.8 Å². The molecular weight excluding hydrogens is 184 g/mol. The first-order chi connectivity index (χ1) is 3.46. The standard InChI is InChI=1S/2C2H4OS.Ca/c2*1-2(3)4;/h2*1H3,(H,3,4);/q;;+2/p-2. The summed E-state index contributed by atoms with van der Waals surface area (Å²) in [6, 6.07) is 0. The summed E-state index contributed by atoms with van der Waals surface area (Å²) in [7, 11) is 0. The van der Waals surface area contributed by atoms with E-state index in [2.05, 4.69) is 25.3 Å². The van der Waals surface area contributed by atoms with E-state index in [1.54, 1.807) is 0 Å². The van der Waals surface area contributed by atoms with Gasteiger partial charge in [-0.05, 0) is 13.8 Å². The molecule has 0 radical (unpaired) electrons. The minimum absolute atomic E-state index is 0. The molecule has 0 aromatic carbocycles. The molecule has 0 aliphatic rings. The molecule has 0 saturated heterocycles. The van der Waals surface area contributed by atoms with Gasteiger partial charge in [-0.25, -0.2) is 0 Å². The molecule has 0 aliphatic carbocycles. The molecule has 0 saturated carbocycles. The second-order valence-corrected chi connectivity index (χ2v) is 2.13. The van der Waals surface area contributed by atoms with Crippen LogP contribution < -0.4 is 0 Å². The van der Waals surface area contributed by atoms with E-state index < -0.39 is 0 Å². The van der Waals surface area contributed by atoms with Crippen molar-refractivity contribution < 1.29 is 9.59 Å². The third-order valence-electron chi connectivity index (χ3n) is 0. The van der Waals surface area contributed by atoms with Crippen LogP contribution in [0.25, 0.3) is 0 Å². The van der Waals surface area contributed by atoms with Crippen molar-refractivity contribution in [1.82, 2.24) is 0 Å². The van der Waals surface area contributed by atoms with Crippen LogP contribution in [0.5, 0.6) is 0 Å². The quantitative estimate of drug-likeness (QED) is 0.391. The van der Waals surface area contributed by atoms with Gasteiger partial charge >= 0.3 is 37.7 Å². The maximum atomic E-state index is 9.26. The van der Waals surface area contributed by atoms with Gasteiger partial charge in [0, 0.05) is 10.2 Å². The average Bonchev–Trinajstić information content (AvgIpc) is 1.25. The monoisotopic (exact) mass is 190 g/mol. The second-order valence-electron chi connectivity index (χ2n) is 0.983. The summed E-state index contributed by atoms with van der Waals surface area (Å²) < 4.78 is 0. The van der Waals surface area contributed by atoms with Gasteiger partial charge in [0.2, 0.25) is 0 Å². The van der Waals surface area contributed by atoms with Gasteiger partial charge in [0.1, 0.15) is 0 Å². The SMILES string of the molecule is CC(=O)[S-].CC(=O)[S-].[Ca+2]. The first-order valence-electron chi connectivity index (χ1n) is 1.82. The molecule has 0 spiro atoms. The number of hydrogen-bond donors (Lipinski definition) is 0. The number of hydrogen-bond acceptors (Lipinski definition) is 4. The Morgan fingerprint density at radius 3 is 1.00 bits per heavy atom. The van der Waals surface area contributed by atoms with E-state index in [-0.39, 0.29) is 48.0 Å². The molecule has 0 aromatic rings. The van der Waals surface area contributed by atoms with Crippen LogP contribution >= 0.6 is 0 Å². The predicted octanol–water partition coefficient (Wildman–Crippen LogP) is -0.221. The Kier molecular flexibility index (Phi) is 21.7. The zero-order chi connectivity index (χ0) is 7.15. The number of carbonyl (C=O) groups is 2. The van der Waals surface area contributed by atoms with Crippen molar-refractivity contribution in [1.29, 1.82) is 0 Å². The van der Waals surface area contributed by atoms with E-state index in [1.165, 1.54) is 13.8 Å². The van der Waals surface area contributed by atoms with Crippen molar-refractivity contribution in [3.05, 3.63) is 0 Å². The molecule has 9 heavy (non-hydrogen) atoms. The Morgan fingerprint density at radius 1 is 1.00 bits per heavy atom. The molecule has 2 nitrogen and oxygen atoms in total. The molecule has 0 amide bonds. The van der Waals surface area contributed by atoms with Gasteiger partial charge < -0.3 is 34.8 Å². The third kappa shape index (κ3) is 414. The van der Waals surface area contributed by atoms with Crippen molar-refractivity contribution in [2.45, 2.75) is 13.8 Å². The first kappa shape index (κ1) is 16.6. The summed E-state index contributed by atoms with van der Waals surface area (Å²) in [6.45, 7) is 2.69. The van der Waals surface area contributed by atoms with Gasteiger partial charge in [-0.15, -0.1) is 0 Å². The topological polar surface area (TPSA) is 34.1 Å². The summed E-state index contributed by atoms with van der Waals surface area (Å²) in [5.74, 6) is 0. The van der Waals surface area contributed by atoms with Crippen LogP contribution in [0.3, 0.4) is 0 Å². The minimum atomic E-state index is -0.250. The Hall–Kier alpha value is 1.04. The fourth-order valence-corrected chi connectivity index (χ4v) is 0. The van der Waals surface area contributed by atoms with Gasteiger partial charge in [0.15, 0.2) is 0 Å². The summed E-state index contributed by atoms with van der Waals surface area (Å²) >= 11 is 7.96.